The number of anilines is 1. The van der Waals surface area contributed by atoms with E-state index in [0.29, 0.717) is 31.9 Å². The second kappa shape index (κ2) is 8.48. The smallest absolute Gasteiger partial charge is 0.368 e. The standard InChI is InChI=1S/C18H24F3N3O.ClH/c1-13-16(6-3-7-22-13)17(25)24-10-8-23(9-11-24)15-5-2-4-14(12-15)18(19,20)21;/h2,4-5,12-13,16,22H,3,6-11H2,1H3;1H. The highest BCUT2D eigenvalue weighted by atomic mass is 35.5. The van der Waals surface area contributed by atoms with E-state index in [2.05, 4.69) is 5.32 Å². The molecule has 0 radical (unpaired) electrons. The van der Waals surface area contributed by atoms with E-state index in [1.807, 2.05) is 16.7 Å². The number of alkyl halides is 3. The highest BCUT2D eigenvalue weighted by Gasteiger charge is 2.33. The Morgan fingerprint density at radius 3 is 2.50 bits per heavy atom. The lowest BCUT2D eigenvalue weighted by Gasteiger charge is -2.39. The van der Waals surface area contributed by atoms with E-state index < -0.39 is 11.7 Å². The molecule has 2 atom stereocenters. The van der Waals surface area contributed by atoms with E-state index in [1.54, 1.807) is 6.07 Å². The van der Waals surface area contributed by atoms with E-state index in [4.69, 9.17) is 0 Å². The van der Waals surface area contributed by atoms with Gasteiger partial charge < -0.3 is 15.1 Å². The predicted octanol–water partition coefficient (Wildman–Crippen LogP) is 3.16. The van der Waals surface area contributed by atoms with Crippen LogP contribution in [0, 0.1) is 5.92 Å². The van der Waals surface area contributed by atoms with Crippen LogP contribution in [0.15, 0.2) is 24.3 Å². The fourth-order valence-corrected chi connectivity index (χ4v) is 3.68. The first-order valence-electron chi connectivity index (χ1n) is 8.80. The van der Waals surface area contributed by atoms with Crippen molar-refractivity contribution in [2.75, 3.05) is 37.6 Å². The molecule has 0 aliphatic carbocycles. The summed E-state index contributed by atoms with van der Waals surface area (Å²) in [5.74, 6) is 0.178. The molecule has 0 aromatic heterocycles. The van der Waals surface area contributed by atoms with Gasteiger partial charge >= 0.3 is 6.18 Å². The van der Waals surface area contributed by atoms with Crippen LogP contribution in [0.4, 0.5) is 18.9 Å². The Morgan fingerprint density at radius 1 is 1.19 bits per heavy atom. The quantitative estimate of drug-likeness (QED) is 0.841. The third-order valence-corrected chi connectivity index (χ3v) is 5.21. The molecule has 1 aromatic rings. The summed E-state index contributed by atoms with van der Waals surface area (Å²) in [4.78, 5) is 16.5. The molecule has 2 aliphatic rings. The zero-order chi connectivity index (χ0) is 18.0. The van der Waals surface area contributed by atoms with Crippen molar-refractivity contribution in [3.05, 3.63) is 29.8 Å². The molecule has 2 saturated heterocycles. The van der Waals surface area contributed by atoms with Gasteiger partial charge in [-0.2, -0.15) is 13.2 Å². The van der Waals surface area contributed by atoms with Crippen molar-refractivity contribution in [1.82, 2.24) is 10.2 Å². The molecule has 2 unspecified atom stereocenters. The minimum Gasteiger partial charge on any atom is -0.368 e. The molecule has 1 amide bonds. The zero-order valence-corrected chi connectivity index (χ0v) is 15.6. The van der Waals surface area contributed by atoms with Gasteiger partial charge in [0.25, 0.3) is 0 Å². The van der Waals surface area contributed by atoms with Gasteiger partial charge in [0.15, 0.2) is 0 Å². The lowest BCUT2D eigenvalue weighted by atomic mass is 9.90. The van der Waals surface area contributed by atoms with Crippen molar-refractivity contribution >= 4 is 24.0 Å². The number of amides is 1. The second-order valence-corrected chi connectivity index (χ2v) is 6.85. The number of nitrogens with one attached hydrogen (secondary N) is 1. The number of piperazine rings is 1. The van der Waals surface area contributed by atoms with Gasteiger partial charge in [0, 0.05) is 37.9 Å². The first-order valence-corrected chi connectivity index (χ1v) is 8.80. The fraction of sp³-hybridized carbons (Fsp3) is 0.611. The summed E-state index contributed by atoms with van der Waals surface area (Å²) in [6, 6.07) is 5.58. The van der Waals surface area contributed by atoms with Crippen molar-refractivity contribution in [3.8, 4) is 0 Å². The molecule has 2 fully saturated rings. The van der Waals surface area contributed by atoms with Crippen LogP contribution in [-0.4, -0.2) is 49.6 Å². The van der Waals surface area contributed by atoms with Crippen LogP contribution in [0.2, 0.25) is 0 Å². The fourth-order valence-electron chi connectivity index (χ4n) is 3.68. The number of carbonyl (C=O) groups is 1. The number of hydrogen-bond donors (Lipinski definition) is 1. The molecular weight excluding hydrogens is 367 g/mol. The number of benzene rings is 1. The van der Waals surface area contributed by atoms with Crippen molar-refractivity contribution in [2.45, 2.75) is 32.0 Å². The van der Waals surface area contributed by atoms with E-state index in [-0.39, 0.29) is 30.3 Å². The number of carbonyl (C=O) groups excluding carboxylic acids is 1. The Kier molecular flexibility index (Phi) is 6.80. The topological polar surface area (TPSA) is 35.6 Å². The molecule has 4 nitrogen and oxygen atoms in total. The first-order chi connectivity index (χ1) is 11.9. The lowest BCUT2D eigenvalue weighted by Crippen LogP contribution is -2.54. The maximum Gasteiger partial charge on any atom is 0.416 e. The summed E-state index contributed by atoms with van der Waals surface area (Å²) in [5.41, 5.74) is -0.0692. The molecule has 0 spiro atoms. The summed E-state index contributed by atoms with van der Waals surface area (Å²) in [6.07, 6.45) is -2.43. The second-order valence-electron chi connectivity index (χ2n) is 6.85. The summed E-state index contributed by atoms with van der Waals surface area (Å²) in [7, 11) is 0. The van der Waals surface area contributed by atoms with E-state index in [0.717, 1.165) is 25.5 Å². The Balaban J connectivity index is 0.00000243. The highest BCUT2D eigenvalue weighted by Crippen LogP contribution is 2.32. The predicted molar refractivity (Wildman–Crippen MR) is 97.7 cm³/mol. The van der Waals surface area contributed by atoms with Crippen LogP contribution in [-0.2, 0) is 11.0 Å². The third kappa shape index (κ3) is 4.62. The van der Waals surface area contributed by atoms with Crippen molar-refractivity contribution in [2.24, 2.45) is 5.92 Å². The Bertz CT molecular complexity index is 618. The van der Waals surface area contributed by atoms with Crippen LogP contribution in [0.5, 0.6) is 0 Å². The van der Waals surface area contributed by atoms with E-state index >= 15 is 0 Å². The Morgan fingerprint density at radius 2 is 1.88 bits per heavy atom. The molecule has 8 heteroatoms. The molecule has 2 aliphatic heterocycles. The average molecular weight is 392 g/mol. The average Bonchev–Trinajstić information content (AvgIpc) is 2.61. The van der Waals surface area contributed by atoms with E-state index in [1.165, 1.54) is 12.1 Å². The minimum atomic E-state index is -4.34. The van der Waals surface area contributed by atoms with Crippen LogP contribution >= 0.6 is 12.4 Å². The Hall–Kier alpha value is -1.47. The SMILES string of the molecule is CC1NCCCC1C(=O)N1CCN(c2cccc(C(F)(F)F)c2)CC1.Cl. The number of nitrogens with zero attached hydrogens (tertiary/aromatic N) is 2. The zero-order valence-electron chi connectivity index (χ0n) is 14.8. The molecule has 0 bridgehead atoms. The molecule has 1 N–H and O–H groups in total. The lowest BCUT2D eigenvalue weighted by molar-refractivity contribution is -0.138. The number of rotatable bonds is 2. The summed E-state index contributed by atoms with van der Waals surface area (Å²) in [6.45, 7) is 5.22. The van der Waals surface area contributed by atoms with Gasteiger partial charge in [0.05, 0.1) is 11.5 Å². The van der Waals surface area contributed by atoms with Gasteiger partial charge in [-0.1, -0.05) is 6.07 Å². The van der Waals surface area contributed by atoms with Crippen LogP contribution in [0.25, 0.3) is 0 Å². The summed E-state index contributed by atoms with van der Waals surface area (Å²) < 4.78 is 38.6. The third-order valence-electron chi connectivity index (χ3n) is 5.21. The van der Waals surface area contributed by atoms with Crippen molar-refractivity contribution in [1.29, 1.82) is 0 Å². The number of piperidine rings is 1. The Labute approximate surface area is 158 Å². The van der Waals surface area contributed by atoms with Gasteiger partial charge in [-0.15, -0.1) is 12.4 Å². The first kappa shape index (κ1) is 20.8. The van der Waals surface area contributed by atoms with Gasteiger partial charge in [0.1, 0.15) is 0 Å². The van der Waals surface area contributed by atoms with Gasteiger partial charge in [0.2, 0.25) is 5.91 Å². The summed E-state index contributed by atoms with van der Waals surface area (Å²) in [5, 5.41) is 3.34. The maximum absolute atomic E-state index is 12.9. The highest BCUT2D eigenvalue weighted by molar-refractivity contribution is 5.85. The van der Waals surface area contributed by atoms with Crippen molar-refractivity contribution < 1.29 is 18.0 Å². The monoisotopic (exact) mass is 391 g/mol. The van der Waals surface area contributed by atoms with Crippen molar-refractivity contribution in [3.63, 3.8) is 0 Å². The molecule has 146 valence electrons. The van der Waals surface area contributed by atoms with Crippen LogP contribution < -0.4 is 10.2 Å². The largest absolute Gasteiger partial charge is 0.416 e. The maximum atomic E-state index is 12.9. The van der Waals surface area contributed by atoms with Crippen LogP contribution in [0.1, 0.15) is 25.3 Å². The van der Waals surface area contributed by atoms with Gasteiger partial charge in [-0.25, -0.2) is 0 Å². The van der Waals surface area contributed by atoms with Gasteiger partial charge in [-0.3, -0.25) is 4.79 Å². The molecule has 3 rings (SSSR count). The molecule has 26 heavy (non-hydrogen) atoms. The normalized spacial score (nSPS) is 24.2. The van der Waals surface area contributed by atoms with Gasteiger partial charge in [-0.05, 0) is 44.5 Å². The molecule has 0 saturated carbocycles. The molecule has 2 heterocycles. The molecular formula is C18H25ClF3N3O. The minimum absolute atomic E-state index is 0. The molecule has 1 aromatic carbocycles. The van der Waals surface area contributed by atoms with Crippen LogP contribution in [0.3, 0.4) is 0 Å². The number of hydrogen-bond acceptors (Lipinski definition) is 3. The number of halogens is 4. The summed E-state index contributed by atoms with van der Waals surface area (Å²) >= 11 is 0. The van der Waals surface area contributed by atoms with E-state index in [9.17, 15) is 18.0 Å².